The van der Waals surface area contributed by atoms with Gasteiger partial charge in [0.2, 0.25) is 0 Å². The van der Waals surface area contributed by atoms with E-state index >= 15 is 0 Å². The van der Waals surface area contributed by atoms with E-state index in [-0.39, 0.29) is 5.91 Å². The number of hydrogen-bond donors (Lipinski definition) is 1. The first-order valence-electron chi connectivity index (χ1n) is 7.55. The topological polar surface area (TPSA) is 32.3 Å². The molecule has 1 aromatic carbocycles. The summed E-state index contributed by atoms with van der Waals surface area (Å²) >= 11 is 8.11. The maximum atomic E-state index is 12.1. The van der Waals surface area contributed by atoms with E-state index in [0.29, 0.717) is 23.2 Å². The van der Waals surface area contributed by atoms with Crippen molar-refractivity contribution in [1.82, 2.24) is 10.2 Å². The monoisotopic (exact) mass is 420 g/mol. The number of hydrogen-bond acceptors (Lipinski definition) is 2. The maximum absolute atomic E-state index is 12.1. The smallest absolute Gasteiger partial charge is 0.252 e. The first-order valence-corrected chi connectivity index (χ1v) is 9.01. The van der Waals surface area contributed by atoms with Crippen molar-refractivity contribution in [2.24, 2.45) is 0 Å². The van der Waals surface area contributed by atoms with E-state index in [4.69, 9.17) is 11.6 Å². The van der Waals surface area contributed by atoms with Crippen molar-refractivity contribution in [2.45, 2.75) is 38.6 Å². The van der Waals surface area contributed by atoms with Gasteiger partial charge >= 0.3 is 0 Å². The summed E-state index contributed by atoms with van der Waals surface area (Å²) in [5.74, 6) is -0.0337. The molecule has 0 aliphatic carbocycles. The molecule has 1 heterocycles. The van der Waals surface area contributed by atoms with Gasteiger partial charge < -0.3 is 10.2 Å². The SMILES string of the molecule is C[C@H]1CCCCN1CCCNC(=O)c1cc(Cl)ccc1I. The number of benzene rings is 1. The Morgan fingerprint density at radius 2 is 2.29 bits per heavy atom. The summed E-state index contributed by atoms with van der Waals surface area (Å²) in [6, 6.07) is 6.08. The number of halogens is 2. The predicted octanol–water partition coefficient (Wildman–Crippen LogP) is 3.94. The number of piperidine rings is 1. The molecule has 1 amide bonds. The van der Waals surface area contributed by atoms with Crippen LogP contribution in [0, 0.1) is 3.57 Å². The number of carbonyl (C=O) groups excluding carboxylic acids is 1. The molecule has 1 atom stereocenters. The fourth-order valence-corrected chi connectivity index (χ4v) is 3.49. The molecule has 0 radical (unpaired) electrons. The zero-order chi connectivity index (χ0) is 15.2. The van der Waals surface area contributed by atoms with Crippen LogP contribution in [-0.2, 0) is 0 Å². The number of nitrogens with one attached hydrogen (secondary N) is 1. The molecule has 116 valence electrons. The number of carbonyl (C=O) groups is 1. The van der Waals surface area contributed by atoms with Gasteiger partial charge in [0.1, 0.15) is 0 Å². The highest BCUT2D eigenvalue weighted by Crippen LogP contribution is 2.18. The minimum atomic E-state index is -0.0337. The minimum Gasteiger partial charge on any atom is -0.352 e. The van der Waals surface area contributed by atoms with Gasteiger partial charge in [-0.1, -0.05) is 18.0 Å². The molecule has 1 aliphatic heterocycles. The molecule has 1 aromatic rings. The first kappa shape index (κ1) is 17.0. The standard InChI is InChI=1S/C16H22ClIN2O/c1-12-5-2-3-9-20(12)10-4-8-19-16(21)14-11-13(17)6-7-15(14)18/h6-7,11-12H,2-5,8-10H2,1H3,(H,19,21)/t12-/m0/s1. The zero-order valence-electron chi connectivity index (χ0n) is 12.4. The van der Waals surface area contributed by atoms with Gasteiger partial charge in [0.25, 0.3) is 5.91 Å². The average Bonchev–Trinajstić information content (AvgIpc) is 2.47. The van der Waals surface area contributed by atoms with Crippen molar-refractivity contribution in [2.75, 3.05) is 19.6 Å². The van der Waals surface area contributed by atoms with Crippen LogP contribution in [0.2, 0.25) is 5.02 Å². The molecule has 0 saturated carbocycles. The quantitative estimate of drug-likeness (QED) is 0.578. The minimum absolute atomic E-state index is 0.0337. The third-order valence-electron chi connectivity index (χ3n) is 4.02. The fraction of sp³-hybridized carbons (Fsp3) is 0.562. The summed E-state index contributed by atoms with van der Waals surface area (Å²) in [6.07, 6.45) is 4.94. The van der Waals surface area contributed by atoms with Crippen molar-refractivity contribution < 1.29 is 4.79 Å². The van der Waals surface area contributed by atoms with Crippen LogP contribution in [0.15, 0.2) is 18.2 Å². The Morgan fingerprint density at radius 1 is 1.48 bits per heavy atom. The summed E-state index contributed by atoms with van der Waals surface area (Å²) in [6.45, 7) is 5.27. The number of rotatable bonds is 5. The molecule has 21 heavy (non-hydrogen) atoms. The third kappa shape index (κ3) is 5.11. The van der Waals surface area contributed by atoms with Gasteiger partial charge in [-0.3, -0.25) is 4.79 Å². The van der Waals surface area contributed by atoms with Crippen LogP contribution in [0.1, 0.15) is 43.0 Å². The number of nitrogens with zero attached hydrogens (tertiary/aromatic N) is 1. The summed E-state index contributed by atoms with van der Waals surface area (Å²) in [5, 5.41) is 3.59. The highest BCUT2D eigenvalue weighted by atomic mass is 127. The van der Waals surface area contributed by atoms with Gasteiger partial charge in [0.15, 0.2) is 0 Å². The fourth-order valence-electron chi connectivity index (χ4n) is 2.74. The van der Waals surface area contributed by atoms with Gasteiger partial charge in [-0.2, -0.15) is 0 Å². The van der Waals surface area contributed by atoms with Crippen LogP contribution in [0.25, 0.3) is 0 Å². The van der Waals surface area contributed by atoms with Crippen molar-refractivity contribution in [3.63, 3.8) is 0 Å². The second kappa shape index (κ2) is 8.34. The van der Waals surface area contributed by atoms with Crippen molar-refractivity contribution in [3.05, 3.63) is 32.4 Å². The molecular weight excluding hydrogens is 399 g/mol. The van der Waals surface area contributed by atoms with Gasteiger partial charge in [0, 0.05) is 27.7 Å². The van der Waals surface area contributed by atoms with E-state index < -0.39 is 0 Å². The Bertz CT molecular complexity index is 495. The Kier molecular flexibility index (Phi) is 6.76. The maximum Gasteiger partial charge on any atom is 0.252 e. The van der Waals surface area contributed by atoms with Gasteiger partial charge in [-0.05, 0) is 73.5 Å². The molecule has 0 aromatic heterocycles. The summed E-state index contributed by atoms with van der Waals surface area (Å²) in [7, 11) is 0. The van der Waals surface area contributed by atoms with E-state index in [2.05, 4.69) is 39.7 Å². The molecule has 2 rings (SSSR count). The predicted molar refractivity (Wildman–Crippen MR) is 96.0 cm³/mol. The van der Waals surface area contributed by atoms with Crippen molar-refractivity contribution in [1.29, 1.82) is 0 Å². The normalized spacial score (nSPS) is 19.5. The van der Waals surface area contributed by atoms with E-state index in [1.165, 1.54) is 25.8 Å². The molecule has 0 unspecified atom stereocenters. The molecule has 5 heteroatoms. The number of likely N-dealkylation sites (tertiary alicyclic amines) is 1. The molecule has 0 spiro atoms. The highest BCUT2D eigenvalue weighted by Gasteiger charge is 2.17. The summed E-state index contributed by atoms with van der Waals surface area (Å²) < 4.78 is 0.930. The lowest BCUT2D eigenvalue weighted by atomic mass is 10.0. The summed E-state index contributed by atoms with van der Waals surface area (Å²) in [4.78, 5) is 14.7. The van der Waals surface area contributed by atoms with Crippen molar-refractivity contribution in [3.8, 4) is 0 Å². The first-order chi connectivity index (χ1) is 10.1. The third-order valence-corrected chi connectivity index (χ3v) is 5.20. The second-order valence-electron chi connectivity index (χ2n) is 5.61. The van der Waals surface area contributed by atoms with E-state index in [1.54, 1.807) is 12.1 Å². The van der Waals surface area contributed by atoms with Crippen LogP contribution in [-0.4, -0.2) is 36.5 Å². The lowest BCUT2D eigenvalue weighted by molar-refractivity contribution is 0.0948. The Morgan fingerprint density at radius 3 is 3.05 bits per heavy atom. The van der Waals surface area contributed by atoms with Crippen LogP contribution < -0.4 is 5.32 Å². The highest BCUT2D eigenvalue weighted by molar-refractivity contribution is 14.1. The van der Waals surface area contributed by atoms with Gasteiger partial charge in [0.05, 0.1) is 5.56 Å². The number of amides is 1. The Labute approximate surface area is 145 Å². The molecule has 1 aliphatic rings. The van der Waals surface area contributed by atoms with Gasteiger partial charge in [-0.25, -0.2) is 0 Å². The van der Waals surface area contributed by atoms with Crippen molar-refractivity contribution >= 4 is 40.1 Å². The Hall–Kier alpha value is -0.330. The largest absolute Gasteiger partial charge is 0.352 e. The molecule has 3 nitrogen and oxygen atoms in total. The zero-order valence-corrected chi connectivity index (χ0v) is 15.3. The average molecular weight is 421 g/mol. The van der Waals surface area contributed by atoms with Crippen LogP contribution in [0.3, 0.4) is 0 Å². The molecule has 1 N–H and O–H groups in total. The lowest BCUT2D eigenvalue weighted by Gasteiger charge is -2.33. The van der Waals surface area contributed by atoms with E-state index in [0.717, 1.165) is 16.5 Å². The van der Waals surface area contributed by atoms with Crippen LogP contribution >= 0.6 is 34.2 Å². The summed E-state index contributed by atoms with van der Waals surface area (Å²) in [5.41, 5.74) is 0.662. The van der Waals surface area contributed by atoms with E-state index in [9.17, 15) is 4.79 Å². The lowest BCUT2D eigenvalue weighted by Crippen LogP contribution is -2.39. The van der Waals surface area contributed by atoms with Crippen LogP contribution in [0.5, 0.6) is 0 Å². The Balaban J connectivity index is 1.75. The van der Waals surface area contributed by atoms with Gasteiger partial charge in [-0.15, -0.1) is 0 Å². The van der Waals surface area contributed by atoms with E-state index in [1.807, 2.05) is 6.07 Å². The molecule has 1 fully saturated rings. The van der Waals surface area contributed by atoms with Crippen LogP contribution in [0.4, 0.5) is 0 Å². The molecular formula is C16H22ClIN2O. The molecule has 0 bridgehead atoms. The molecule has 1 saturated heterocycles. The second-order valence-corrected chi connectivity index (χ2v) is 7.21.